The van der Waals surface area contributed by atoms with Gasteiger partial charge < -0.3 is 19.3 Å². The quantitative estimate of drug-likeness (QED) is 0.240. The number of carbonyl (C=O) groups is 2. The van der Waals surface area contributed by atoms with Gasteiger partial charge in [-0.1, -0.05) is 34.7 Å². The van der Waals surface area contributed by atoms with Crippen LogP contribution >= 0.6 is 0 Å². The van der Waals surface area contributed by atoms with E-state index in [0.29, 0.717) is 68.6 Å². The molecule has 0 unspecified atom stereocenters. The molecule has 2 amide bonds. The van der Waals surface area contributed by atoms with Crippen LogP contribution in [-0.4, -0.2) is 77.1 Å². The Morgan fingerprint density at radius 3 is 1.46 bits per heavy atom. The van der Waals surface area contributed by atoms with Crippen molar-refractivity contribution in [1.82, 2.24) is 39.8 Å². The van der Waals surface area contributed by atoms with Crippen LogP contribution in [-0.2, 0) is 0 Å². The van der Waals surface area contributed by atoms with Crippen molar-refractivity contribution in [2.75, 3.05) is 13.1 Å². The zero-order chi connectivity index (χ0) is 38.8. The van der Waals surface area contributed by atoms with Gasteiger partial charge in [-0.05, 0) is 86.3 Å². The normalized spacial score (nSPS) is 19.3. The van der Waals surface area contributed by atoms with Crippen LogP contribution in [0.3, 0.4) is 0 Å². The first-order chi connectivity index (χ1) is 27.0. The highest BCUT2D eigenvalue weighted by atomic mass is 19.1. The molecule has 4 atom stereocenters. The van der Waals surface area contributed by atoms with E-state index in [1.807, 2.05) is 0 Å². The van der Waals surface area contributed by atoms with Gasteiger partial charge in [0.15, 0.2) is 12.5 Å². The summed E-state index contributed by atoms with van der Waals surface area (Å²) >= 11 is 0. The van der Waals surface area contributed by atoms with Crippen LogP contribution in [0.2, 0.25) is 0 Å². The maximum absolute atomic E-state index is 13.6. The Labute approximate surface area is 316 Å². The number of benzene rings is 4. The molecule has 0 bridgehead atoms. The van der Waals surface area contributed by atoms with Crippen LogP contribution in [0.15, 0.2) is 82.4 Å². The summed E-state index contributed by atoms with van der Waals surface area (Å²) in [5.41, 5.74) is 1.96. The second-order valence-corrected chi connectivity index (χ2v) is 14.3. The summed E-state index contributed by atoms with van der Waals surface area (Å²) in [5.74, 6) is -0.178. The zero-order valence-corrected chi connectivity index (χ0v) is 30.3. The van der Waals surface area contributed by atoms with Gasteiger partial charge in [0.2, 0.25) is 0 Å². The highest BCUT2D eigenvalue weighted by Gasteiger charge is 2.39. The molecule has 16 heteroatoms. The molecule has 0 N–H and O–H groups in total. The number of rotatable bonds is 4. The summed E-state index contributed by atoms with van der Waals surface area (Å²) in [5, 5.41) is 16.9. The van der Waals surface area contributed by atoms with Gasteiger partial charge in [0.25, 0.3) is 22.9 Å². The number of carbonyl (C=O) groups excluding carboxylic acids is 2. The molecule has 6 aromatic rings. The third kappa shape index (κ3) is 5.92. The van der Waals surface area contributed by atoms with Gasteiger partial charge in [0.1, 0.15) is 34.2 Å². The number of amides is 2. The maximum Gasteiger partial charge on any atom is 0.278 e. The number of aromatic nitrogens is 6. The van der Waals surface area contributed by atoms with Crippen molar-refractivity contribution in [2.24, 2.45) is 0 Å². The minimum atomic E-state index is -0.496. The van der Waals surface area contributed by atoms with Crippen LogP contribution < -0.4 is 20.6 Å². The monoisotopic (exact) mass is 760 g/mol. The molecule has 284 valence electrons. The summed E-state index contributed by atoms with van der Waals surface area (Å²) in [6.45, 7) is 4.84. The Balaban J connectivity index is 0.000000146. The Morgan fingerprint density at radius 1 is 0.625 bits per heavy atom. The van der Waals surface area contributed by atoms with Gasteiger partial charge in [0, 0.05) is 25.9 Å². The number of nitrogens with zero attached hydrogens (tertiary/aromatic N) is 8. The number of fused-ring (bicyclic) bond motifs is 6. The van der Waals surface area contributed by atoms with Gasteiger partial charge in [-0.2, -0.15) is 0 Å². The third-order valence-electron chi connectivity index (χ3n) is 10.9. The summed E-state index contributed by atoms with van der Waals surface area (Å²) in [4.78, 5) is 54.9. The zero-order valence-electron chi connectivity index (χ0n) is 30.3. The van der Waals surface area contributed by atoms with E-state index in [1.165, 1.54) is 33.6 Å². The smallest absolute Gasteiger partial charge is 0.278 e. The van der Waals surface area contributed by atoms with E-state index in [4.69, 9.17) is 9.47 Å². The number of hydrogen-bond acceptors (Lipinski definition) is 10. The molecule has 2 fully saturated rings. The van der Waals surface area contributed by atoms with Crippen LogP contribution in [0.5, 0.6) is 11.5 Å². The average Bonchev–Trinajstić information content (AvgIpc) is 3.88. The molecule has 14 nitrogen and oxygen atoms in total. The van der Waals surface area contributed by atoms with Gasteiger partial charge in [-0.15, -0.1) is 10.2 Å². The van der Waals surface area contributed by atoms with Crippen LogP contribution in [0.1, 0.15) is 83.5 Å². The summed E-state index contributed by atoms with van der Waals surface area (Å²) < 4.78 is 41.4. The average molecular weight is 761 g/mol. The summed E-state index contributed by atoms with van der Waals surface area (Å²) in [6, 6.07) is 17.3. The molecule has 0 radical (unpaired) electrons. The molecule has 6 heterocycles. The van der Waals surface area contributed by atoms with E-state index in [0.717, 1.165) is 25.7 Å². The third-order valence-corrected chi connectivity index (χ3v) is 10.9. The van der Waals surface area contributed by atoms with Crippen molar-refractivity contribution >= 4 is 33.6 Å². The van der Waals surface area contributed by atoms with E-state index in [9.17, 15) is 28.0 Å². The number of hydrogen-bond donors (Lipinski definition) is 0. The van der Waals surface area contributed by atoms with Crippen LogP contribution in [0, 0.1) is 11.6 Å². The van der Waals surface area contributed by atoms with Crippen molar-refractivity contribution in [3.8, 4) is 11.5 Å². The minimum absolute atomic E-state index is 0.107. The Hall–Kier alpha value is -6.58. The molecule has 56 heavy (non-hydrogen) atoms. The Kier molecular flexibility index (Phi) is 8.55. The standard InChI is InChI=1S/2C20H17FN4O3/c2*1-11(12-4-2-5-13(21)8-12)25-20(27)14-10-17-15(9-16(14)22-23-25)19(26)24-7-3-6-18(24)28-17/h2*2,4-5,8-11,18H,3,6-7H2,1H3/t11-,18+;11-,18-/m11/s1. The molecule has 10 rings (SSSR count). The van der Waals surface area contributed by atoms with E-state index in [2.05, 4.69) is 20.6 Å². The first kappa shape index (κ1) is 35.1. The number of halogens is 2. The lowest BCUT2D eigenvalue weighted by Gasteiger charge is -2.31. The van der Waals surface area contributed by atoms with Gasteiger partial charge in [-0.25, -0.2) is 18.1 Å². The van der Waals surface area contributed by atoms with Crippen molar-refractivity contribution in [3.05, 3.63) is 127 Å². The topological polar surface area (TPSA) is 155 Å². The molecule has 0 aliphatic carbocycles. The van der Waals surface area contributed by atoms with Crippen molar-refractivity contribution in [3.63, 3.8) is 0 Å². The molecule has 4 aliphatic rings. The lowest BCUT2D eigenvalue weighted by molar-refractivity contribution is 0.0287. The summed E-state index contributed by atoms with van der Waals surface area (Å²) in [7, 11) is 0. The first-order valence-electron chi connectivity index (χ1n) is 18.4. The predicted molar refractivity (Wildman–Crippen MR) is 197 cm³/mol. The molecule has 0 saturated carbocycles. The van der Waals surface area contributed by atoms with Gasteiger partial charge >= 0.3 is 0 Å². The van der Waals surface area contributed by atoms with Gasteiger partial charge in [-0.3, -0.25) is 19.2 Å². The fourth-order valence-corrected chi connectivity index (χ4v) is 7.80. The second-order valence-electron chi connectivity index (χ2n) is 14.3. The lowest BCUT2D eigenvalue weighted by atomic mass is 10.1. The summed E-state index contributed by atoms with van der Waals surface area (Å²) in [6.07, 6.45) is 2.78. The van der Waals surface area contributed by atoms with Gasteiger partial charge in [0.05, 0.1) is 34.0 Å². The molecule has 0 spiro atoms. The molecule has 4 aliphatic heterocycles. The maximum atomic E-state index is 13.6. The SMILES string of the molecule is C[C@H](c1cccc(F)c1)n1nnc2cc3c(cc2c1=O)O[C@@H]1CCCN1C3=O.C[C@H](c1cccc(F)c1)n1nnc2cc3c(cc2c1=O)O[C@H]1CCCN1C3=O. The largest absolute Gasteiger partial charge is 0.470 e. The van der Waals surface area contributed by atoms with E-state index < -0.39 is 12.1 Å². The molecule has 2 saturated heterocycles. The predicted octanol–water partition coefficient (Wildman–Crippen LogP) is 4.99. The van der Waals surface area contributed by atoms with Crippen LogP contribution in [0.4, 0.5) is 8.78 Å². The Bertz CT molecular complexity index is 2540. The second kappa shape index (κ2) is 13.6. The van der Waals surface area contributed by atoms with E-state index in [1.54, 1.807) is 72.2 Å². The fourth-order valence-electron chi connectivity index (χ4n) is 7.80. The highest BCUT2D eigenvalue weighted by Crippen LogP contribution is 2.36. The first-order valence-corrected chi connectivity index (χ1v) is 18.4. The molecule has 2 aromatic heterocycles. The van der Waals surface area contributed by atoms with Crippen molar-refractivity contribution < 1.29 is 27.8 Å². The highest BCUT2D eigenvalue weighted by molar-refractivity contribution is 6.02. The fraction of sp³-hybridized carbons (Fsp3) is 0.300. The number of ether oxygens (including phenoxy) is 2. The van der Waals surface area contributed by atoms with E-state index >= 15 is 0 Å². The molecule has 4 aromatic carbocycles. The van der Waals surface area contributed by atoms with Crippen molar-refractivity contribution in [2.45, 2.75) is 64.1 Å². The van der Waals surface area contributed by atoms with Crippen molar-refractivity contribution in [1.29, 1.82) is 0 Å². The molecular weight excluding hydrogens is 726 g/mol. The molecular formula is C40H34F2N8O6. The Morgan fingerprint density at radius 2 is 1.05 bits per heavy atom. The van der Waals surface area contributed by atoms with E-state index in [-0.39, 0.29) is 47.0 Å². The van der Waals surface area contributed by atoms with Crippen LogP contribution in [0.25, 0.3) is 21.8 Å². The lowest BCUT2D eigenvalue weighted by Crippen LogP contribution is -2.43. The minimum Gasteiger partial charge on any atom is -0.470 e.